The minimum atomic E-state index is -0.405. The molecule has 0 aliphatic rings. The van der Waals surface area contributed by atoms with Crippen molar-refractivity contribution in [2.45, 2.75) is 6.54 Å². The van der Waals surface area contributed by atoms with Gasteiger partial charge in [-0.05, 0) is 40.6 Å². The van der Waals surface area contributed by atoms with Gasteiger partial charge in [0.2, 0.25) is 5.55 Å². The van der Waals surface area contributed by atoms with E-state index in [1.165, 1.54) is 12.1 Å². The van der Waals surface area contributed by atoms with Gasteiger partial charge in [0.1, 0.15) is 17.0 Å². The summed E-state index contributed by atoms with van der Waals surface area (Å²) in [6.07, 6.45) is 0. The average Bonchev–Trinajstić information content (AvgIpc) is 2.66. The third-order valence-corrected chi connectivity index (χ3v) is 4.29. The van der Waals surface area contributed by atoms with Crippen molar-refractivity contribution in [3.8, 4) is 0 Å². The molecule has 0 atom stereocenters. The van der Waals surface area contributed by atoms with Crippen molar-refractivity contribution < 1.29 is 13.6 Å². The summed E-state index contributed by atoms with van der Waals surface area (Å²) in [4.78, 5) is 12.5. The maximum absolute atomic E-state index is 13.0. The topological polar surface area (TPSA) is 66.1 Å². The minimum absolute atomic E-state index is 0.163. The molecule has 4 aromatic rings. The molecule has 2 N–H and O–H groups in total. The molecule has 128 valence electrons. The van der Waals surface area contributed by atoms with Crippen LogP contribution in [0.2, 0.25) is 0 Å². The second kappa shape index (κ2) is 6.44. The van der Waals surface area contributed by atoms with Crippen LogP contribution in [0.5, 0.6) is 0 Å². The van der Waals surface area contributed by atoms with Crippen molar-refractivity contribution in [1.29, 1.82) is 5.41 Å². The number of carbonyl (C=O) groups excluding carboxylic acids is 1. The van der Waals surface area contributed by atoms with Crippen LogP contribution in [0.4, 0.5) is 4.39 Å². The Balaban J connectivity index is 1.69. The van der Waals surface area contributed by atoms with Crippen LogP contribution in [0.1, 0.15) is 15.9 Å². The monoisotopic (exact) mass is 346 g/mol. The van der Waals surface area contributed by atoms with E-state index in [1.54, 1.807) is 24.3 Å². The first-order valence-electron chi connectivity index (χ1n) is 8.15. The van der Waals surface area contributed by atoms with E-state index < -0.39 is 5.91 Å². The van der Waals surface area contributed by atoms with Gasteiger partial charge >= 0.3 is 0 Å². The van der Waals surface area contributed by atoms with Crippen molar-refractivity contribution in [2.24, 2.45) is 0 Å². The van der Waals surface area contributed by atoms with Gasteiger partial charge < -0.3 is 9.73 Å². The van der Waals surface area contributed by atoms with Crippen LogP contribution >= 0.6 is 0 Å². The van der Waals surface area contributed by atoms with E-state index in [0.717, 1.165) is 21.7 Å². The third-order valence-electron chi connectivity index (χ3n) is 4.29. The van der Waals surface area contributed by atoms with Crippen molar-refractivity contribution in [3.05, 3.63) is 89.2 Å². The number of carbonyl (C=O) groups is 1. The molecule has 4 rings (SSSR count). The lowest BCUT2D eigenvalue weighted by Crippen LogP contribution is -2.27. The molecule has 0 spiro atoms. The number of halogens is 1. The number of rotatable bonds is 3. The fraction of sp³-hybridized carbons (Fsp3) is 0.0476. The number of benzene rings is 3. The summed E-state index contributed by atoms with van der Waals surface area (Å²) < 4.78 is 18.5. The zero-order valence-corrected chi connectivity index (χ0v) is 13.8. The molecule has 4 nitrogen and oxygen atoms in total. The van der Waals surface area contributed by atoms with E-state index >= 15 is 0 Å². The Morgan fingerprint density at radius 3 is 2.58 bits per heavy atom. The van der Waals surface area contributed by atoms with Crippen molar-refractivity contribution in [1.82, 2.24) is 5.32 Å². The zero-order valence-electron chi connectivity index (χ0n) is 13.8. The second-order valence-corrected chi connectivity index (χ2v) is 6.00. The predicted molar refractivity (Wildman–Crippen MR) is 97.1 cm³/mol. The van der Waals surface area contributed by atoms with Crippen LogP contribution < -0.4 is 10.9 Å². The molecule has 3 aromatic carbocycles. The van der Waals surface area contributed by atoms with E-state index in [0.29, 0.717) is 5.58 Å². The van der Waals surface area contributed by atoms with Crippen LogP contribution in [0.3, 0.4) is 0 Å². The lowest BCUT2D eigenvalue weighted by atomic mass is 10.0. The molecule has 0 unspecified atom stereocenters. The Kier molecular flexibility index (Phi) is 3.97. The van der Waals surface area contributed by atoms with Gasteiger partial charge in [0.05, 0.1) is 0 Å². The van der Waals surface area contributed by atoms with Crippen molar-refractivity contribution in [2.75, 3.05) is 0 Å². The summed E-state index contributed by atoms with van der Waals surface area (Å²) in [6.45, 7) is 0.242. The molecular weight excluding hydrogens is 331 g/mol. The van der Waals surface area contributed by atoms with Gasteiger partial charge in [-0.1, -0.05) is 42.5 Å². The summed E-state index contributed by atoms with van der Waals surface area (Å²) in [6, 6.07) is 19.1. The molecule has 0 saturated heterocycles. The van der Waals surface area contributed by atoms with Gasteiger partial charge in [0.15, 0.2) is 0 Å². The van der Waals surface area contributed by atoms with Crippen LogP contribution in [-0.4, -0.2) is 5.91 Å². The smallest absolute Gasteiger partial charge is 0.257 e. The van der Waals surface area contributed by atoms with E-state index in [-0.39, 0.29) is 23.5 Å². The largest absolute Gasteiger partial charge is 0.438 e. The summed E-state index contributed by atoms with van der Waals surface area (Å²) in [7, 11) is 0. The van der Waals surface area contributed by atoms with E-state index in [2.05, 4.69) is 5.32 Å². The van der Waals surface area contributed by atoms with Gasteiger partial charge in [0.25, 0.3) is 5.91 Å². The lowest BCUT2D eigenvalue weighted by Gasteiger charge is -2.08. The van der Waals surface area contributed by atoms with Crippen LogP contribution in [0.25, 0.3) is 21.7 Å². The first-order valence-corrected chi connectivity index (χ1v) is 8.15. The lowest BCUT2D eigenvalue weighted by molar-refractivity contribution is 0.0946. The fourth-order valence-corrected chi connectivity index (χ4v) is 2.94. The molecular formula is C21H15FN2O2. The van der Waals surface area contributed by atoms with Gasteiger partial charge in [0, 0.05) is 11.9 Å². The third kappa shape index (κ3) is 2.95. The summed E-state index contributed by atoms with van der Waals surface area (Å²) >= 11 is 0. The number of hydrogen-bond donors (Lipinski definition) is 2. The Morgan fingerprint density at radius 1 is 1.00 bits per heavy atom. The Morgan fingerprint density at radius 2 is 1.77 bits per heavy atom. The predicted octanol–water partition coefficient (Wildman–Crippen LogP) is 4.13. The molecule has 0 saturated carbocycles. The normalized spacial score (nSPS) is 11.0. The molecule has 1 amide bonds. The molecule has 0 radical (unpaired) electrons. The van der Waals surface area contributed by atoms with Gasteiger partial charge in [-0.3, -0.25) is 10.2 Å². The molecule has 5 heteroatoms. The van der Waals surface area contributed by atoms with E-state index in [9.17, 15) is 9.18 Å². The minimum Gasteiger partial charge on any atom is -0.438 e. The van der Waals surface area contributed by atoms with E-state index in [1.807, 2.05) is 30.3 Å². The Labute approximate surface area is 148 Å². The standard InChI is InChI=1S/C21H15FN2O2/c22-15-8-5-13(6-9-15)12-24-21(25)18-11-17-16-4-2-1-3-14(16)7-10-19(17)26-20(18)23/h1-11,23H,12H2,(H,24,25). The van der Waals surface area contributed by atoms with Crippen molar-refractivity contribution in [3.63, 3.8) is 0 Å². The van der Waals surface area contributed by atoms with Crippen LogP contribution in [-0.2, 0) is 6.54 Å². The molecule has 1 aromatic heterocycles. The Hall–Kier alpha value is -3.47. The van der Waals surface area contributed by atoms with Crippen LogP contribution in [0, 0.1) is 11.2 Å². The quantitative estimate of drug-likeness (QED) is 0.548. The number of nitrogens with one attached hydrogen (secondary N) is 2. The molecule has 0 bridgehead atoms. The molecule has 26 heavy (non-hydrogen) atoms. The highest BCUT2D eigenvalue weighted by molar-refractivity contribution is 6.07. The zero-order chi connectivity index (χ0) is 18.1. The fourth-order valence-electron chi connectivity index (χ4n) is 2.94. The summed E-state index contributed by atoms with van der Waals surface area (Å²) in [5.74, 6) is -0.730. The molecule has 0 aliphatic heterocycles. The SMILES string of the molecule is N=c1oc2ccc3ccccc3c2cc1C(=O)NCc1ccc(F)cc1. The van der Waals surface area contributed by atoms with Crippen LogP contribution in [0.15, 0.2) is 71.1 Å². The summed E-state index contributed by atoms with van der Waals surface area (Å²) in [5.41, 5.74) is 1.30. The number of amides is 1. The molecule has 0 fully saturated rings. The summed E-state index contributed by atoms with van der Waals surface area (Å²) in [5, 5.41) is 13.5. The van der Waals surface area contributed by atoms with Gasteiger partial charge in [-0.15, -0.1) is 0 Å². The average molecular weight is 346 g/mol. The number of hydrogen-bond acceptors (Lipinski definition) is 3. The van der Waals surface area contributed by atoms with Crippen molar-refractivity contribution >= 4 is 27.6 Å². The highest BCUT2D eigenvalue weighted by Crippen LogP contribution is 2.24. The number of fused-ring (bicyclic) bond motifs is 3. The maximum atomic E-state index is 13.0. The van der Waals surface area contributed by atoms with Gasteiger partial charge in [-0.25, -0.2) is 4.39 Å². The Bertz CT molecular complexity index is 1180. The maximum Gasteiger partial charge on any atom is 0.257 e. The van der Waals surface area contributed by atoms with Gasteiger partial charge in [-0.2, -0.15) is 0 Å². The first-order chi connectivity index (χ1) is 12.6. The highest BCUT2D eigenvalue weighted by atomic mass is 19.1. The molecule has 0 aliphatic carbocycles. The van der Waals surface area contributed by atoms with E-state index in [4.69, 9.17) is 9.83 Å². The molecule has 1 heterocycles. The highest BCUT2D eigenvalue weighted by Gasteiger charge is 2.13. The first kappa shape index (κ1) is 16.0. The second-order valence-electron chi connectivity index (χ2n) is 6.00.